The monoisotopic (exact) mass is 270 g/mol. The Morgan fingerprint density at radius 1 is 1.25 bits per heavy atom. The Balaban J connectivity index is 2.22. The van der Waals surface area contributed by atoms with Crippen LogP contribution in [0.15, 0.2) is 41.5 Å². The van der Waals surface area contributed by atoms with E-state index >= 15 is 0 Å². The summed E-state index contributed by atoms with van der Waals surface area (Å²) in [4.78, 5) is 9.06. The average Bonchev–Trinajstić information content (AvgIpc) is 2.44. The molecule has 0 aliphatic carbocycles. The summed E-state index contributed by atoms with van der Waals surface area (Å²) >= 11 is 0. The minimum atomic E-state index is 0.355. The molecule has 4 heteroatoms. The van der Waals surface area contributed by atoms with Gasteiger partial charge in [-0.2, -0.15) is 0 Å². The maximum atomic E-state index is 4.61. The number of guanidine groups is 1. The quantitative estimate of drug-likeness (QED) is 0.663. The lowest BCUT2D eigenvalue weighted by Crippen LogP contribution is -2.41. The number of aromatic nitrogens is 1. The molecular formula is C16H22N4. The summed E-state index contributed by atoms with van der Waals surface area (Å²) < 4.78 is 0. The van der Waals surface area contributed by atoms with Crippen molar-refractivity contribution in [2.75, 3.05) is 6.54 Å². The van der Waals surface area contributed by atoms with Crippen LogP contribution in [-0.2, 0) is 6.54 Å². The molecule has 1 aromatic heterocycles. The van der Waals surface area contributed by atoms with Gasteiger partial charge in [0.2, 0.25) is 0 Å². The standard InChI is InChI=1S/C16H22N4/c1-4-17-16(20-12(2)3)19-11-15-14-8-6-5-7-13(14)9-10-18-15/h5-10,12H,4,11H2,1-3H3,(H2,17,19,20). The second-order valence-corrected chi connectivity index (χ2v) is 4.97. The van der Waals surface area contributed by atoms with Crippen LogP contribution in [0.3, 0.4) is 0 Å². The third kappa shape index (κ3) is 3.70. The van der Waals surface area contributed by atoms with Crippen LogP contribution in [-0.4, -0.2) is 23.5 Å². The van der Waals surface area contributed by atoms with Gasteiger partial charge in [-0.05, 0) is 32.2 Å². The summed E-state index contributed by atoms with van der Waals surface area (Å²) in [5.41, 5.74) is 1.00. The summed E-state index contributed by atoms with van der Waals surface area (Å²) in [6.45, 7) is 7.69. The van der Waals surface area contributed by atoms with Crippen molar-refractivity contribution in [3.8, 4) is 0 Å². The van der Waals surface area contributed by atoms with Gasteiger partial charge >= 0.3 is 0 Å². The summed E-state index contributed by atoms with van der Waals surface area (Å²) in [5.74, 6) is 0.831. The molecule has 2 aromatic rings. The number of aliphatic imine (C=N–C) groups is 1. The minimum Gasteiger partial charge on any atom is -0.357 e. The Morgan fingerprint density at radius 3 is 2.80 bits per heavy atom. The van der Waals surface area contributed by atoms with Crippen molar-refractivity contribution in [2.24, 2.45) is 4.99 Å². The predicted molar refractivity (Wildman–Crippen MR) is 84.8 cm³/mol. The smallest absolute Gasteiger partial charge is 0.191 e. The number of fused-ring (bicyclic) bond motifs is 1. The van der Waals surface area contributed by atoms with Crippen LogP contribution in [0.1, 0.15) is 26.5 Å². The van der Waals surface area contributed by atoms with Crippen LogP contribution in [0.2, 0.25) is 0 Å². The molecule has 4 nitrogen and oxygen atoms in total. The SMILES string of the molecule is CCNC(=NCc1nccc2ccccc12)NC(C)C. The zero-order valence-electron chi connectivity index (χ0n) is 12.4. The van der Waals surface area contributed by atoms with Crippen molar-refractivity contribution >= 4 is 16.7 Å². The van der Waals surface area contributed by atoms with Crippen LogP contribution < -0.4 is 10.6 Å². The summed E-state index contributed by atoms with van der Waals surface area (Å²) in [7, 11) is 0. The lowest BCUT2D eigenvalue weighted by Gasteiger charge is -2.14. The maximum absolute atomic E-state index is 4.61. The molecule has 0 radical (unpaired) electrons. The van der Waals surface area contributed by atoms with Crippen LogP contribution in [0.5, 0.6) is 0 Å². The normalized spacial score (nSPS) is 11.9. The van der Waals surface area contributed by atoms with E-state index in [4.69, 9.17) is 0 Å². The molecule has 20 heavy (non-hydrogen) atoms. The van der Waals surface area contributed by atoms with E-state index in [9.17, 15) is 0 Å². The number of hydrogen-bond donors (Lipinski definition) is 2. The second kappa shape index (κ2) is 6.89. The van der Waals surface area contributed by atoms with Crippen molar-refractivity contribution in [3.05, 3.63) is 42.2 Å². The van der Waals surface area contributed by atoms with Gasteiger partial charge in [0.15, 0.2) is 5.96 Å². The highest BCUT2D eigenvalue weighted by atomic mass is 15.2. The van der Waals surface area contributed by atoms with Gasteiger partial charge in [-0.3, -0.25) is 4.98 Å². The molecule has 0 spiro atoms. The molecule has 0 amide bonds. The fraction of sp³-hybridized carbons (Fsp3) is 0.375. The Bertz CT molecular complexity index is 585. The molecule has 0 saturated carbocycles. The molecule has 2 rings (SSSR count). The highest BCUT2D eigenvalue weighted by Gasteiger charge is 2.03. The van der Waals surface area contributed by atoms with Gasteiger partial charge < -0.3 is 10.6 Å². The third-order valence-corrected chi connectivity index (χ3v) is 2.91. The Kier molecular flexibility index (Phi) is 4.93. The van der Waals surface area contributed by atoms with Gasteiger partial charge in [0, 0.05) is 24.2 Å². The van der Waals surface area contributed by atoms with Crippen LogP contribution in [0, 0.1) is 0 Å². The summed E-state index contributed by atoms with van der Waals surface area (Å²) in [5, 5.41) is 8.92. The average molecular weight is 270 g/mol. The molecule has 1 heterocycles. The first-order valence-electron chi connectivity index (χ1n) is 7.08. The highest BCUT2D eigenvalue weighted by Crippen LogP contribution is 2.16. The van der Waals surface area contributed by atoms with Crippen molar-refractivity contribution in [1.82, 2.24) is 15.6 Å². The van der Waals surface area contributed by atoms with Crippen molar-refractivity contribution in [1.29, 1.82) is 0 Å². The second-order valence-electron chi connectivity index (χ2n) is 4.97. The molecule has 0 aliphatic heterocycles. The van der Waals surface area contributed by atoms with Gasteiger partial charge in [0.25, 0.3) is 0 Å². The van der Waals surface area contributed by atoms with Crippen molar-refractivity contribution in [3.63, 3.8) is 0 Å². The number of nitrogens with zero attached hydrogens (tertiary/aromatic N) is 2. The molecule has 0 fully saturated rings. The van der Waals surface area contributed by atoms with Crippen molar-refractivity contribution < 1.29 is 0 Å². The van der Waals surface area contributed by atoms with Crippen LogP contribution in [0.4, 0.5) is 0 Å². The highest BCUT2D eigenvalue weighted by molar-refractivity contribution is 5.85. The largest absolute Gasteiger partial charge is 0.357 e. The number of rotatable bonds is 4. The zero-order valence-corrected chi connectivity index (χ0v) is 12.4. The minimum absolute atomic E-state index is 0.355. The first kappa shape index (κ1) is 14.3. The molecule has 1 aromatic carbocycles. The fourth-order valence-electron chi connectivity index (χ4n) is 2.06. The van der Waals surface area contributed by atoms with E-state index in [2.05, 4.69) is 53.5 Å². The molecule has 0 saturated heterocycles. The Hall–Kier alpha value is -2.10. The number of nitrogens with one attached hydrogen (secondary N) is 2. The third-order valence-electron chi connectivity index (χ3n) is 2.91. The number of hydrogen-bond acceptors (Lipinski definition) is 2. The topological polar surface area (TPSA) is 49.3 Å². The fourth-order valence-corrected chi connectivity index (χ4v) is 2.06. The van der Waals surface area contributed by atoms with Gasteiger partial charge in [-0.25, -0.2) is 4.99 Å². The van der Waals surface area contributed by atoms with Gasteiger partial charge in [-0.15, -0.1) is 0 Å². The predicted octanol–water partition coefficient (Wildman–Crippen LogP) is 2.70. The Labute approximate surface area is 120 Å². The van der Waals surface area contributed by atoms with E-state index in [0.29, 0.717) is 12.6 Å². The lowest BCUT2D eigenvalue weighted by atomic mass is 10.1. The van der Waals surface area contributed by atoms with E-state index < -0.39 is 0 Å². The number of benzene rings is 1. The van der Waals surface area contributed by atoms with E-state index in [-0.39, 0.29) is 0 Å². The first-order valence-corrected chi connectivity index (χ1v) is 7.08. The molecule has 0 bridgehead atoms. The van der Waals surface area contributed by atoms with E-state index in [1.165, 1.54) is 10.8 Å². The van der Waals surface area contributed by atoms with E-state index in [1.807, 2.05) is 24.4 Å². The van der Waals surface area contributed by atoms with Gasteiger partial charge in [-0.1, -0.05) is 24.3 Å². The van der Waals surface area contributed by atoms with E-state index in [0.717, 1.165) is 18.2 Å². The molecule has 0 atom stereocenters. The molecule has 106 valence electrons. The van der Waals surface area contributed by atoms with E-state index in [1.54, 1.807) is 0 Å². The maximum Gasteiger partial charge on any atom is 0.191 e. The van der Waals surface area contributed by atoms with Crippen LogP contribution >= 0.6 is 0 Å². The summed E-state index contributed by atoms with van der Waals surface area (Å²) in [6, 6.07) is 10.7. The Morgan fingerprint density at radius 2 is 2.05 bits per heavy atom. The van der Waals surface area contributed by atoms with Crippen molar-refractivity contribution in [2.45, 2.75) is 33.4 Å². The lowest BCUT2D eigenvalue weighted by molar-refractivity contribution is 0.700. The molecule has 0 aliphatic rings. The first-order chi connectivity index (χ1) is 9.70. The molecule has 0 unspecified atom stereocenters. The zero-order chi connectivity index (χ0) is 14.4. The molecular weight excluding hydrogens is 248 g/mol. The number of pyridine rings is 1. The van der Waals surface area contributed by atoms with Crippen LogP contribution in [0.25, 0.3) is 10.8 Å². The van der Waals surface area contributed by atoms with Gasteiger partial charge in [0.1, 0.15) is 0 Å². The van der Waals surface area contributed by atoms with Gasteiger partial charge in [0.05, 0.1) is 12.2 Å². The summed E-state index contributed by atoms with van der Waals surface area (Å²) in [6.07, 6.45) is 1.84. The molecule has 2 N–H and O–H groups in total.